The highest BCUT2D eigenvalue weighted by Crippen LogP contribution is 2.29. The first-order chi connectivity index (χ1) is 8.79. The van der Waals surface area contributed by atoms with Crippen molar-refractivity contribution in [3.05, 3.63) is 29.6 Å². The van der Waals surface area contributed by atoms with Gasteiger partial charge in [0.2, 0.25) is 0 Å². The van der Waals surface area contributed by atoms with Crippen molar-refractivity contribution >= 4 is 11.0 Å². The van der Waals surface area contributed by atoms with E-state index >= 15 is 0 Å². The summed E-state index contributed by atoms with van der Waals surface area (Å²) in [6.45, 7) is 0.567. The number of para-hydroxylation sites is 1. The van der Waals surface area contributed by atoms with Crippen molar-refractivity contribution in [2.75, 3.05) is 0 Å². The Morgan fingerprint density at radius 3 is 2.83 bits per heavy atom. The number of hydrogen-bond acceptors (Lipinski definition) is 2. The molecule has 2 aromatic rings. The molecule has 0 atom stereocenters. The topological polar surface area (TPSA) is 43.8 Å². The molecule has 0 bridgehead atoms. The molecule has 0 unspecified atom stereocenters. The van der Waals surface area contributed by atoms with Crippen LogP contribution in [0.3, 0.4) is 0 Å². The van der Waals surface area contributed by atoms with E-state index in [-0.39, 0.29) is 0 Å². The monoisotopic (exact) mass is 243 g/mol. The van der Waals surface area contributed by atoms with Gasteiger partial charge in [-0.15, -0.1) is 0 Å². The minimum absolute atomic E-state index is 0.567. The first-order valence-electron chi connectivity index (χ1n) is 6.93. The molecule has 0 saturated heterocycles. The molecule has 1 aromatic carbocycles. The summed E-state index contributed by atoms with van der Waals surface area (Å²) in [4.78, 5) is 4.83. The molecule has 0 radical (unpaired) electrons. The molecule has 1 saturated carbocycles. The Hall–Kier alpha value is -1.35. The van der Waals surface area contributed by atoms with E-state index in [9.17, 15) is 0 Å². The second-order valence-electron chi connectivity index (χ2n) is 5.43. The summed E-state index contributed by atoms with van der Waals surface area (Å²) >= 11 is 0. The van der Waals surface area contributed by atoms with Gasteiger partial charge in [0, 0.05) is 20.0 Å². The van der Waals surface area contributed by atoms with Crippen molar-refractivity contribution in [1.82, 2.24) is 9.55 Å². The molecule has 1 aliphatic carbocycles. The smallest absolute Gasteiger partial charge is 0.109 e. The Morgan fingerprint density at radius 1 is 1.33 bits per heavy atom. The lowest BCUT2D eigenvalue weighted by atomic mass is 10.0. The van der Waals surface area contributed by atoms with Crippen LogP contribution >= 0.6 is 0 Å². The molecule has 0 amide bonds. The van der Waals surface area contributed by atoms with E-state index in [0.29, 0.717) is 6.54 Å². The Balaban J connectivity index is 1.99. The van der Waals surface area contributed by atoms with Crippen LogP contribution in [0.4, 0.5) is 0 Å². The Bertz CT molecular complexity index is 550. The molecule has 96 valence electrons. The van der Waals surface area contributed by atoms with Crippen LogP contribution < -0.4 is 5.73 Å². The largest absolute Gasteiger partial charge is 0.331 e. The van der Waals surface area contributed by atoms with Crippen LogP contribution in [0.5, 0.6) is 0 Å². The first kappa shape index (κ1) is 11.7. The van der Waals surface area contributed by atoms with E-state index in [0.717, 1.165) is 23.4 Å². The zero-order valence-corrected chi connectivity index (χ0v) is 11.0. The highest BCUT2D eigenvalue weighted by Gasteiger charge is 2.19. The van der Waals surface area contributed by atoms with E-state index in [1.165, 1.54) is 37.0 Å². The van der Waals surface area contributed by atoms with Crippen LogP contribution in [0.1, 0.15) is 37.1 Å². The minimum atomic E-state index is 0.567. The molecule has 0 aliphatic heterocycles. The number of aryl methyl sites for hydroxylation is 1. The highest BCUT2D eigenvalue weighted by atomic mass is 15.1. The molecule has 1 aliphatic rings. The number of nitrogens with zero attached hydrogens (tertiary/aromatic N) is 2. The molecule has 3 nitrogen and oxygen atoms in total. The summed E-state index contributed by atoms with van der Waals surface area (Å²) in [5, 5.41) is 0. The van der Waals surface area contributed by atoms with Gasteiger partial charge in [0.25, 0.3) is 0 Å². The van der Waals surface area contributed by atoms with E-state index in [2.05, 4.69) is 29.8 Å². The normalized spacial score (nSPS) is 16.8. The Morgan fingerprint density at radius 2 is 2.11 bits per heavy atom. The Labute approximate surface area is 108 Å². The maximum atomic E-state index is 5.79. The molecule has 3 rings (SSSR count). The van der Waals surface area contributed by atoms with E-state index in [1.807, 2.05) is 0 Å². The molecule has 1 heterocycles. The van der Waals surface area contributed by atoms with Gasteiger partial charge in [0.1, 0.15) is 5.82 Å². The average molecular weight is 243 g/mol. The van der Waals surface area contributed by atoms with Crippen molar-refractivity contribution in [1.29, 1.82) is 0 Å². The number of hydrogen-bond donors (Lipinski definition) is 1. The predicted octanol–water partition coefficient (Wildman–Crippen LogP) is 2.76. The van der Waals surface area contributed by atoms with Crippen LogP contribution in [0.15, 0.2) is 18.2 Å². The molecule has 18 heavy (non-hydrogen) atoms. The average Bonchev–Trinajstić information content (AvgIpc) is 3.00. The summed E-state index contributed by atoms with van der Waals surface area (Å²) in [5.41, 5.74) is 9.25. The highest BCUT2D eigenvalue weighted by molar-refractivity contribution is 5.79. The summed E-state index contributed by atoms with van der Waals surface area (Å²) < 4.78 is 2.24. The van der Waals surface area contributed by atoms with Crippen molar-refractivity contribution in [2.45, 2.75) is 38.6 Å². The number of benzene rings is 1. The van der Waals surface area contributed by atoms with E-state index < -0.39 is 0 Å². The quantitative estimate of drug-likeness (QED) is 0.900. The zero-order valence-electron chi connectivity index (χ0n) is 11.0. The minimum Gasteiger partial charge on any atom is -0.331 e. The van der Waals surface area contributed by atoms with Gasteiger partial charge >= 0.3 is 0 Å². The lowest BCUT2D eigenvalue weighted by Gasteiger charge is -2.08. The van der Waals surface area contributed by atoms with Gasteiger partial charge in [-0.2, -0.15) is 0 Å². The van der Waals surface area contributed by atoms with Gasteiger partial charge in [-0.1, -0.05) is 37.8 Å². The number of imidazole rings is 1. The SMILES string of the molecule is Cn1c(CC2CCCC2)nc2c(CN)cccc21. The van der Waals surface area contributed by atoms with Gasteiger partial charge in [0.15, 0.2) is 0 Å². The van der Waals surface area contributed by atoms with E-state index in [4.69, 9.17) is 10.7 Å². The van der Waals surface area contributed by atoms with Crippen molar-refractivity contribution in [3.63, 3.8) is 0 Å². The summed E-state index contributed by atoms with van der Waals surface area (Å²) in [6.07, 6.45) is 6.64. The molecular weight excluding hydrogens is 222 g/mol. The van der Waals surface area contributed by atoms with Crippen LogP contribution in [0, 0.1) is 5.92 Å². The van der Waals surface area contributed by atoms with Crippen LogP contribution in [0.25, 0.3) is 11.0 Å². The fraction of sp³-hybridized carbons (Fsp3) is 0.533. The maximum Gasteiger partial charge on any atom is 0.109 e. The zero-order chi connectivity index (χ0) is 12.5. The van der Waals surface area contributed by atoms with E-state index in [1.54, 1.807) is 0 Å². The number of nitrogens with two attached hydrogens (primary N) is 1. The molecule has 1 fully saturated rings. The van der Waals surface area contributed by atoms with Crippen LogP contribution in [-0.2, 0) is 20.0 Å². The Kier molecular flexibility index (Phi) is 3.08. The van der Waals surface area contributed by atoms with Gasteiger partial charge in [0.05, 0.1) is 11.0 Å². The fourth-order valence-corrected chi connectivity index (χ4v) is 3.14. The second kappa shape index (κ2) is 4.73. The maximum absolute atomic E-state index is 5.79. The standard InChI is InChI=1S/C15H21N3/c1-18-13-8-4-7-12(10-16)15(13)17-14(18)9-11-5-2-3-6-11/h4,7-8,11H,2-3,5-6,9-10,16H2,1H3. The molecule has 0 spiro atoms. The lowest BCUT2D eigenvalue weighted by Crippen LogP contribution is -2.05. The van der Waals surface area contributed by atoms with Crippen molar-refractivity contribution < 1.29 is 0 Å². The fourth-order valence-electron chi connectivity index (χ4n) is 3.14. The molecule has 2 N–H and O–H groups in total. The second-order valence-corrected chi connectivity index (χ2v) is 5.43. The predicted molar refractivity (Wildman–Crippen MR) is 74.3 cm³/mol. The summed E-state index contributed by atoms with van der Waals surface area (Å²) in [7, 11) is 2.12. The van der Waals surface area contributed by atoms with Crippen LogP contribution in [-0.4, -0.2) is 9.55 Å². The third-order valence-corrected chi connectivity index (χ3v) is 4.25. The van der Waals surface area contributed by atoms with Gasteiger partial charge in [-0.25, -0.2) is 4.98 Å². The lowest BCUT2D eigenvalue weighted by molar-refractivity contribution is 0.522. The molecule has 1 aromatic heterocycles. The summed E-state index contributed by atoms with van der Waals surface area (Å²) in [6, 6.07) is 6.29. The number of fused-ring (bicyclic) bond motifs is 1. The van der Waals surface area contributed by atoms with Gasteiger partial charge in [-0.05, 0) is 17.5 Å². The number of rotatable bonds is 3. The third-order valence-electron chi connectivity index (χ3n) is 4.25. The van der Waals surface area contributed by atoms with Crippen molar-refractivity contribution in [2.24, 2.45) is 18.7 Å². The first-order valence-corrected chi connectivity index (χ1v) is 6.93. The van der Waals surface area contributed by atoms with Crippen LogP contribution in [0.2, 0.25) is 0 Å². The van der Waals surface area contributed by atoms with Crippen molar-refractivity contribution in [3.8, 4) is 0 Å². The van der Waals surface area contributed by atoms with Gasteiger partial charge < -0.3 is 10.3 Å². The molecule has 3 heteroatoms. The number of aromatic nitrogens is 2. The summed E-state index contributed by atoms with van der Waals surface area (Å²) in [5.74, 6) is 2.06. The molecular formula is C15H21N3. The van der Waals surface area contributed by atoms with Gasteiger partial charge in [-0.3, -0.25) is 0 Å². The third kappa shape index (κ3) is 1.93.